The third kappa shape index (κ3) is 16.6. The number of hydrogen-bond donors (Lipinski definition) is 15. The van der Waals surface area contributed by atoms with Gasteiger partial charge in [-0.3, -0.25) is 52.7 Å². The fourth-order valence-corrected chi connectivity index (χ4v) is 13.4. The van der Waals surface area contributed by atoms with Crippen LogP contribution in [0.25, 0.3) is 0 Å². The van der Waals surface area contributed by atoms with Crippen LogP contribution < -0.4 is 58.7 Å². The molecule has 4 heterocycles. The number of nitrogens with two attached hydrogens (primary N) is 2. The molecule has 1 spiro atoms. The van der Waals surface area contributed by atoms with Gasteiger partial charge in [0.25, 0.3) is 5.91 Å². The lowest BCUT2D eigenvalue weighted by Crippen LogP contribution is -2.63. The van der Waals surface area contributed by atoms with Crippen LogP contribution >= 0.6 is 21.6 Å². The van der Waals surface area contributed by atoms with Gasteiger partial charge in [0.15, 0.2) is 5.60 Å². The number of primary amides is 2. The van der Waals surface area contributed by atoms with Crippen molar-refractivity contribution in [2.75, 3.05) is 31.1 Å². The highest BCUT2D eigenvalue weighted by Gasteiger charge is 2.54. The van der Waals surface area contributed by atoms with Crippen LogP contribution in [-0.4, -0.2) is 187 Å². The summed E-state index contributed by atoms with van der Waals surface area (Å²) in [4.78, 5) is 166. The van der Waals surface area contributed by atoms with Gasteiger partial charge in [-0.2, -0.15) is 0 Å². The zero-order valence-electron chi connectivity index (χ0n) is 51.1. The molecule has 1 unspecified atom stereocenters. The number of phenolic OH excluding ortho intramolecular Hbond substituents is 3. The number of hydrogen-bond acceptors (Lipinski definition) is 21. The Morgan fingerprint density at radius 3 is 1.96 bits per heavy atom. The van der Waals surface area contributed by atoms with E-state index in [4.69, 9.17) is 20.9 Å². The van der Waals surface area contributed by atoms with Gasteiger partial charge >= 0.3 is 5.97 Å². The van der Waals surface area contributed by atoms with Gasteiger partial charge in [0.1, 0.15) is 77.1 Å². The minimum atomic E-state index is -1.86. The molecule has 2 fully saturated rings. The first-order chi connectivity index (χ1) is 44.7. The fraction of sp³-hybridized carbons (Fsp3) is 0.419. The third-order valence-electron chi connectivity index (χ3n) is 16.3. The number of carbonyl (C=O) groups excluding carboxylic acids is 12. The van der Waals surface area contributed by atoms with E-state index in [2.05, 4.69) is 42.5 Å². The Bertz CT molecular complexity index is 3560. The second-order valence-corrected chi connectivity index (χ2v) is 25.6. The molecule has 4 aromatic carbocycles. The Balaban J connectivity index is 0.980. The Morgan fingerprint density at radius 2 is 1.32 bits per heavy atom. The number of aliphatic hydroxyl groups excluding tert-OH is 2. The van der Waals surface area contributed by atoms with Crippen LogP contribution in [0.4, 0.5) is 0 Å². The van der Waals surface area contributed by atoms with Gasteiger partial charge < -0.3 is 93.9 Å². The normalized spacial score (nSPS) is 22.5. The average molecular weight is 1340 g/mol. The van der Waals surface area contributed by atoms with Crippen molar-refractivity contribution >= 4 is 92.5 Å². The van der Waals surface area contributed by atoms with Crippen LogP contribution in [-0.2, 0) is 64.7 Å². The molecular weight excluding hydrogens is 1270 g/mol. The van der Waals surface area contributed by atoms with Crippen molar-refractivity contribution < 1.29 is 92.5 Å². The standard InChI is InChI=1S/C62H73N11O19S2/c1-4-29(2)50-58(87)72-51(30(3)74)59(88)69-42(25-48(63)79)54(83)70-43(27-93-94-28-45(78)57(86)68-41(55(84)71-50)21-31-9-12-33(75)13-10-31)60(89)73-20-6-8-44(73)56(85)67-40(53(82)66-26-49(64)80)7-5-19-65-52(81)32-11-16-37-36(22-32)61(90)92-62(37)38-17-14-34(76)23-46(38)91-47-24-35(77)15-18-39(47)62/h9-18,22-24,29-30,40-45,50-51,74-78H,4-8,19-21,25-28H2,1-3H3,(H2,63,79)(H2,64,80)(H,65,81)(H,66,82)(H,67,85)(H,68,86)(H,69,88)(H,70,83)(H,71,84)(H,72,87)/t29-,30+,40-,41-,42-,43-,44-,45?,50-,51-/m0/s1. The van der Waals surface area contributed by atoms with Crippen LogP contribution in [0.15, 0.2) is 78.9 Å². The molecule has 0 saturated carbocycles. The highest BCUT2D eigenvalue weighted by molar-refractivity contribution is 8.76. The molecule has 0 aromatic heterocycles. The summed E-state index contributed by atoms with van der Waals surface area (Å²) in [6.45, 7) is 3.64. The largest absolute Gasteiger partial charge is 0.508 e. The van der Waals surface area contributed by atoms with Gasteiger partial charge in [0.2, 0.25) is 59.1 Å². The predicted octanol–water partition coefficient (Wildman–Crippen LogP) is -1.32. The van der Waals surface area contributed by atoms with E-state index in [1.54, 1.807) is 13.8 Å². The van der Waals surface area contributed by atoms with Crippen LogP contribution in [0.2, 0.25) is 0 Å². The van der Waals surface area contributed by atoms with E-state index in [1.807, 2.05) is 0 Å². The summed E-state index contributed by atoms with van der Waals surface area (Å²) in [6.07, 6.45) is -4.17. The summed E-state index contributed by atoms with van der Waals surface area (Å²) < 4.78 is 12.1. The number of aliphatic hydroxyl groups is 2. The summed E-state index contributed by atoms with van der Waals surface area (Å²) in [7, 11) is 1.74. The highest BCUT2D eigenvalue weighted by atomic mass is 33.1. The molecule has 0 bridgehead atoms. The Kier molecular flexibility index (Phi) is 23.0. The molecular formula is C62H73N11O19S2. The monoisotopic (exact) mass is 1340 g/mol. The number of nitrogens with one attached hydrogen (secondary N) is 8. The summed E-state index contributed by atoms with van der Waals surface area (Å²) in [5, 5.41) is 72.6. The van der Waals surface area contributed by atoms with E-state index in [-0.39, 0.29) is 103 Å². The number of amides is 11. The molecule has 8 rings (SSSR count). The maximum atomic E-state index is 14.8. The third-order valence-corrected chi connectivity index (χ3v) is 18.7. The number of rotatable bonds is 18. The topological polar surface area (TPSA) is 476 Å². The lowest BCUT2D eigenvalue weighted by molar-refractivity contribution is -0.142. The number of nitrogens with zero attached hydrogens (tertiary/aromatic N) is 1. The van der Waals surface area contributed by atoms with Crippen LogP contribution in [0.3, 0.4) is 0 Å². The molecule has 10 atom stereocenters. The summed E-state index contributed by atoms with van der Waals surface area (Å²) in [5.74, 6) is -12.7. The lowest BCUT2D eigenvalue weighted by Gasteiger charge is -2.36. The maximum absolute atomic E-state index is 14.8. The zero-order valence-corrected chi connectivity index (χ0v) is 52.8. The number of likely N-dealkylation sites (tertiary alicyclic amines) is 1. The van der Waals surface area contributed by atoms with E-state index in [9.17, 15) is 83.1 Å². The van der Waals surface area contributed by atoms with Gasteiger partial charge in [0.05, 0.1) is 24.6 Å². The van der Waals surface area contributed by atoms with Gasteiger partial charge in [-0.1, -0.05) is 60.1 Å². The first kappa shape index (κ1) is 70.2. The Morgan fingerprint density at radius 1 is 0.713 bits per heavy atom. The summed E-state index contributed by atoms with van der Waals surface area (Å²) in [6, 6.07) is 7.65. The molecule has 32 heteroatoms. The molecule has 30 nitrogen and oxygen atoms in total. The van der Waals surface area contributed by atoms with E-state index < -0.39 is 150 Å². The van der Waals surface area contributed by atoms with Crippen molar-refractivity contribution in [3.05, 3.63) is 112 Å². The second-order valence-electron chi connectivity index (χ2n) is 23.0. The molecule has 94 heavy (non-hydrogen) atoms. The highest BCUT2D eigenvalue weighted by Crippen LogP contribution is 2.57. The Labute approximate surface area is 545 Å². The predicted molar refractivity (Wildman–Crippen MR) is 336 cm³/mol. The number of aromatic hydroxyl groups is 3. The van der Waals surface area contributed by atoms with Crippen molar-refractivity contribution in [1.29, 1.82) is 0 Å². The maximum Gasteiger partial charge on any atom is 0.340 e. The van der Waals surface area contributed by atoms with E-state index in [1.165, 1.54) is 78.9 Å². The number of phenols is 3. The van der Waals surface area contributed by atoms with Gasteiger partial charge in [-0.05, 0) is 92.6 Å². The lowest BCUT2D eigenvalue weighted by atomic mass is 9.77. The zero-order chi connectivity index (χ0) is 68.3. The Hall–Kier alpha value is -9.66. The molecule has 4 aromatic rings. The van der Waals surface area contributed by atoms with Crippen LogP contribution in [0.1, 0.15) is 102 Å². The average Bonchev–Trinajstić information content (AvgIpc) is 1.45. The number of carbonyl (C=O) groups is 12. The fourth-order valence-electron chi connectivity index (χ4n) is 11.2. The minimum Gasteiger partial charge on any atom is -0.508 e. The number of fused-ring (bicyclic) bond motifs is 6. The van der Waals surface area contributed by atoms with Crippen molar-refractivity contribution in [3.63, 3.8) is 0 Å². The number of esters is 1. The van der Waals surface area contributed by atoms with E-state index >= 15 is 0 Å². The molecule has 0 aliphatic carbocycles. The van der Waals surface area contributed by atoms with Gasteiger partial charge in [-0.25, -0.2) is 4.79 Å². The minimum absolute atomic E-state index is 0.0122. The van der Waals surface area contributed by atoms with E-state index in [0.29, 0.717) is 22.3 Å². The first-order valence-electron chi connectivity index (χ1n) is 30.1. The molecule has 17 N–H and O–H groups in total. The molecule has 2 saturated heterocycles. The first-order valence-corrected chi connectivity index (χ1v) is 32.5. The van der Waals surface area contributed by atoms with Crippen LogP contribution in [0, 0.1) is 5.92 Å². The van der Waals surface area contributed by atoms with E-state index in [0.717, 1.165) is 33.4 Å². The molecule has 11 amide bonds. The van der Waals surface area contributed by atoms with Crippen LogP contribution in [0.5, 0.6) is 28.7 Å². The number of ether oxygens (including phenoxy) is 2. The van der Waals surface area contributed by atoms with Gasteiger partial charge in [-0.15, -0.1) is 0 Å². The SMILES string of the molecule is CC[C@H](C)[C@@H]1NC(=O)[C@H](Cc2ccc(O)cc2)NC(=O)C(O)CSSC[C@@H](C(=O)N2CCC[C@H]2C(=O)N[C@@H](CCCNC(=O)c2ccc3c(c2)C(=O)OC32c3ccc(O)cc3Oc3cc(O)ccc32)C(=O)NCC(N)=O)NC(=O)[C@H](CC(N)=O)NC(=O)[C@H]([C@@H](C)O)NC1=O. The summed E-state index contributed by atoms with van der Waals surface area (Å²) in [5.41, 5.74) is 10.9. The second kappa shape index (κ2) is 30.8. The molecule has 502 valence electrons. The molecule has 4 aliphatic heterocycles. The van der Waals surface area contributed by atoms with Crippen molar-refractivity contribution in [1.82, 2.24) is 47.4 Å². The van der Waals surface area contributed by atoms with Crippen molar-refractivity contribution in [2.45, 2.75) is 126 Å². The number of benzene rings is 4. The van der Waals surface area contributed by atoms with Crippen molar-refractivity contribution in [2.24, 2.45) is 17.4 Å². The molecule has 4 aliphatic rings. The quantitative estimate of drug-likeness (QED) is 0.0312. The van der Waals surface area contributed by atoms with Crippen molar-refractivity contribution in [3.8, 4) is 28.7 Å². The smallest absolute Gasteiger partial charge is 0.340 e. The van der Waals surface area contributed by atoms with Gasteiger partial charge in [0, 0.05) is 65.4 Å². The summed E-state index contributed by atoms with van der Waals surface area (Å²) >= 11 is 0. The molecule has 0 radical (unpaired) electrons.